The molecule has 2 aromatic carbocycles. The number of hydrogen-bond acceptors (Lipinski definition) is 1. The third-order valence-electron chi connectivity index (χ3n) is 2.64. The molecule has 0 spiro atoms. The molecule has 1 N–H and O–H groups in total. The molecule has 0 saturated carbocycles. The van der Waals surface area contributed by atoms with E-state index in [4.69, 9.17) is 0 Å². The number of hydrogen-bond donors (Lipinski definition) is 1. The summed E-state index contributed by atoms with van der Waals surface area (Å²) in [5.41, 5.74) is 0.838. The Hall–Kier alpha value is -1.75. The minimum Gasteiger partial charge on any atom is -0.319 e. The Balaban J connectivity index is 2.28. The number of aryl methyl sites for hydroxylation is 1. The molecule has 2 nitrogen and oxygen atoms in total. The molecule has 0 atom stereocenters. The van der Waals surface area contributed by atoms with Crippen LogP contribution in [0.3, 0.4) is 0 Å². The molecule has 0 aliphatic rings. The molecule has 0 saturated heterocycles. The first kappa shape index (κ1) is 13.7. The first-order chi connectivity index (χ1) is 8.99. The van der Waals surface area contributed by atoms with Gasteiger partial charge in [-0.3, -0.25) is 4.79 Å². The van der Waals surface area contributed by atoms with Crippen molar-refractivity contribution in [2.75, 3.05) is 5.32 Å². The Labute approximate surface area is 117 Å². The number of para-hydroxylation sites is 1. The van der Waals surface area contributed by atoms with Gasteiger partial charge in [-0.15, -0.1) is 0 Å². The highest BCUT2D eigenvalue weighted by atomic mass is 79.9. The zero-order valence-electron chi connectivity index (χ0n) is 10.0. The summed E-state index contributed by atoms with van der Waals surface area (Å²) in [5.74, 6) is -1.62. The average molecular weight is 326 g/mol. The maximum absolute atomic E-state index is 13.6. The molecule has 2 rings (SSSR count). The molecular formula is C14H10BrF2NO. The fourth-order valence-corrected chi connectivity index (χ4v) is 1.86. The second-order valence-electron chi connectivity index (χ2n) is 4.01. The molecule has 19 heavy (non-hydrogen) atoms. The first-order valence-corrected chi connectivity index (χ1v) is 6.30. The van der Waals surface area contributed by atoms with Gasteiger partial charge >= 0.3 is 0 Å². The Morgan fingerprint density at radius 2 is 1.89 bits per heavy atom. The van der Waals surface area contributed by atoms with E-state index < -0.39 is 17.5 Å². The summed E-state index contributed by atoms with van der Waals surface area (Å²) < 4.78 is 27.2. The highest BCUT2D eigenvalue weighted by Crippen LogP contribution is 2.21. The van der Waals surface area contributed by atoms with Crippen LogP contribution in [0.5, 0.6) is 0 Å². The van der Waals surface area contributed by atoms with E-state index in [-0.39, 0.29) is 15.7 Å². The van der Waals surface area contributed by atoms with Gasteiger partial charge < -0.3 is 5.32 Å². The lowest BCUT2D eigenvalue weighted by atomic mass is 10.1. The van der Waals surface area contributed by atoms with Crippen LogP contribution in [0.2, 0.25) is 0 Å². The van der Waals surface area contributed by atoms with Gasteiger partial charge in [0.25, 0.3) is 5.91 Å². The topological polar surface area (TPSA) is 29.1 Å². The van der Waals surface area contributed by atoms with Gasteiger partial charge in [0.05, 0.1) is 10.2 Å². The smallest absolute Gasteiger partial charge is 0.255 e. The van der Waals surface area contributed by atoms with Gasteiger partial charge in [-0.25, -0.2) is 8.78 Å². The molecular weight excluding hydrogens is 316 g/mol. The van der Waals surface area contributed by atoms with Crippen molar-refractivity contribution in [3.05, 3.63) is 63.6 Å². The lowest BCUT2D eigenvalue weighted by molar-refractivity contribution is 0.102. The summed E-state index contributed by atoms with van der Waals surface area (Å²) in [5, 5.41) is 2.45. The van der Waals surface area contributed by atoms with Crippen molar-refractivity contribution >= 4 is 27.5 Å². The van der Waals surface area contributed by atoms with Gasteiger partial charge in [0.2, 0.25) is 0 Å². The van der Waals surface area contributed by atoms with Crippen molar-refractivity contribution in [1.29, 1.82) is 0 Å². The van der Waals surface area contributed by atoms with Gasteiger partial charge in [0, 0.05) is 5.56 Å². The predicted octanol–water partition coefficient (Wildman–Crippen LogP) is 4.29. The maximum Gasteiger partial charge on any atom is 0.255 e. The molecule has 98 valence electrons. The second kappa shape index (κ2) is 5.48. The van der Waals surface area contributed by atoms with E-state index in [2.05, 4.69) is 21.2 Å². The fourth-order valence-electron chi connectivity index (χ4n) is 1.61. The summed E-state index contributed by atoms with van der Waals surface area (Å²) in [6.45, 7) is 1.68. The van der Waals surface area contributed by atoms with Crippen LogP contribution < -0.4 is 5.32 Å². The van der Waals surface area contributed by atoms with E-state index >= 15 is 0 Å². The lowest BCUT2D eigenvalue weighted by Crippen LogP contribution is -2.14. The van der Waals surface area contributed by atoms with Gasteiger partial charge in [0.15, 0.2) is 0 Å². The molecule has 2 aromatic rings. The monoisotopic (exact) mass is 325 g/mol. The Morgan fingerprint density at radius 1 is 1.16 bits per heavy atom. The SMILES string of the molecule is Cc1cccc(F)c1NC(=O)c1ccc(Br)c(F)c1. The van der Waals surface area contributed by atoms with Crippen LogP contribution in [-0.4, -0.2) is 5.91 Å². The Kier molecular flexibility index (Phi) is 3.95. The number of halogens is 3. The van der Waals surface area contributed by atoms with Crippen LogP contribution in [0.15, 0.2) is 40.9 Å². The van der Waals surface area contributed by atoms with Crippen molar-refractivity contribution in [1.82, 2.24) is 0 Å². The van der Waals surface area contributed by atoms with Crippen molar-refractivity contribution in [3.63, 3.8) is 0 Å². The molecule has 1 amide bonds. The minimum atomic E-state index is -0.556. The van der Waals surface area contributed by atoms with Crippen molar-refractivity contribution in [3.8, 4) is 0 Å². The summed E-state index contributed by atoms with van der Waals surface area (Å²) in [6, 6.07) is 8.47. The number of benzene rings is 2. The first-order valence-electron chi connectivity index (χ1n) is 5.50. The van der Waals surface area contributed by atoms with Crippen LogP contribution in [0.1, 0.15) is 15.9 Å². The molecule has 0 heterocycles. The number of anilines is 1. The van der Waals surface area contributed by atoms with E-state index in [1.165, 1.54) is 18.2 Å². The van der Waals surface area contributed by atoms with E-state index in [9.17, 15) is 13.6 Å². The molecule has 0 unspecified atom stereocenters. The quantitative estimate of drug-likeness (QED) is 0.876. The maximum atomic E-state index is 13.6. The van der Waals surface area contributed by atoms with E-state index in [1.807, 2.05) is 0 Å². The Morgan fingerprint density at radius 3 is 2.53 bits per heavy atom. The number of carbonyl (C=O) groups excluding carboxylic acids is 1. The number of nitrogens with one attached hydrogen (secondary N) is 1. The minimum absolute atomic E-state index is 0.107. The summed E-state index contributed by atoms with van der Waals surface area (Å²) in [7, 11) is 0. The fraction of sp³-hybridized carbons (Fsp3) is 0.0714. The summed E-state index contributed by atoms with van der Waals surface area (Å²) in [4.78, 5) is 11.9. The van der Waals surface area contributed by atoms with Crippen LogP contribution >= 0.6 is 15.9 Å². The predicted molar refractivity (Wildman–Crippen MR) is 73.2 cm³/mol. The lowest BCUT2D eigenvalue weighted by Gasteiger charge is -2.09. The summed E-state index contributed by atoms with van der Waals surface area (Å²) in [6.07, 6.45) is 0. The highest BCUT2D eigenvalue weighted by Gasteiger charge is 2.12. The average Bonchev–Trinajstić information content (AvgIpc) is 2.37. The molecule has 0 aromatic heterocycles. The van der Waals surface area contributed by atoms with Crippen LogP contribution in [0, 0.1) is 18.6 Å². The third kappa shape index (κ3) is 2.98. The number of amides is 1. The van der Waals surface area contributed by atoms with Crippen LogP contribution in [0.4, 0.5) is 14.5 Å². The van der Waals surface area contributed by atoms with E-state index in [0.717, 1.165) is 6.07 Å². The number of carbonyl (C=O) groups is 1. The zero-order chi connectivity index (χ0) is 14.0. The van der Waals surface area contributed by atoms with Gasteiger partial charge in [-0.2, -0.15) is 0 Å². The molecule has 0 aliphatic carbocycles. The molecule has 0 bridgehead atoms. The van der Waals surface area contributed by atoms with Gasteiger partial charge in [0.1, 0.15) is 11.6 Å². The zero-order valence-corrected chi connectivity index (χ0v) is 11.6. The van der Waals surface area contributed by atoms with Gasteiger partial charge in [-0.1, -0.05) is 12.1 Å². The standard InChI is InChI=1S/C14H10BrF2NO/c1-8-3-2-4-11(16)13(8)18-14(19)9-5-6-10(15)12(17)7-9/h2-7H,1H3,(H,18,19). The van der Waals surface area contributed by atoms with Crippen molar-refractivity contribution < 1.29 is 13.6 Å². The highest BCUT2D eigenvalue weighted by molar-refractivity contribution is 9.10. The van der Waals surface area contributed by atoms with Gasteiger partial charge in [-0.05, 0) is 52.7 Å². The Bertz CT molecular complexity index is 623. The second-order valence-corrected chi connectivity index (χ2v) is 4.87. The van der Waals surface area contributed by atoms with E-state index in [1.54, 1.807) is 19.1 Å². The molecule has 5 heteroatoms. The van der Waals surface area contributed by atoms with Crippen molar-refractivity contribution in [2.45, 2.75) is 6.92 Å². The van der Waals surface area contributed by atoms with Crippen LogP contribution in [0.25, 0.3) is 0 Å². The van der Waals surface area contributed by atoms with E-state index in [0.29, 0.717) is 5.56 Å². The largest absolute Gasteiger partial charge is 0.319 e. The third-order valence-corrected chi connectivity index (χ3v) is 3.29. The van der Waals surface area contributed by atoms with Crippen LogP contribution in [-0.2, 0) is 0 Å². The number of rotatable bonds is 2. The summed E-state index contributed by atoms with van der Waals surface area (Å²) >= 11 is 3.00. The molecule has 0 radical (unpaired) electrons. The molecule has 0 fully saturated rings. The van der Waals surface area contributed by atoms with Crippen molar-refractivity contribution in [2.24, 2.45) is 0 Å². The normalized spacial score (nSPS) is 10.3. The molecule has 0 aliphatic heterocycles.